The van der Waals surface area contributed by atoms with Crippen molar-refractivity contribution in [2.75, 3.05) is 20.3 Å². The SMILES string of the molecule is COCCCNC(=O)C1CCn2cncc2C1. The van der Waals surface area contributed by atoms with Crippen molar-refractivity contribution >= 4 is 5.91 Å². The lowest BCUT2D eigenvalue weighted by Crippen LogP contribution is -2.35. The van der Waals surface area contributed by atoms with Crippen LogP contribution in [0, 0.1) is 5.92 Å². The fraction of sp³-hybridized carbons (Fsp3) is 0.667. The van der Waals surface area contributed by atoms with Crippen LogP contribution in [0.25, 0.3) is 0 Å². The predicted molar refractivity (Wildman–Crippen MR) is 63.5 cm³/mol. The molecule has 1 aromatic heterocycles. The van der Waals surface area contributed by atoms with E-state index in [1.54, 1.807) is 7.11 Å². The van der Waals surface area contributed by atoms with Crippen LogP contribution in [0.1, 0.15) is 18.5 Å². The van der Waals surface area contributed by atoms with Crippen molar-refractivity contribution in [3.05, 3.63) is 18.2 Å². The van der Waals surface area contributed by atoms with Gasteiger partial charge < -0.3 is 14.6 Å². The van der Waals surface area contributed by atoms with E-state index in [0.29, 0.717) is 13.2 Å². The van der Waals surface area contributed by atoms with E-state index in [4.69, 9.17) is 4.74 Å². The summed E-state index contributed by atoms with van der Waals surface area (Å²) in [5.74, 6) is 0.260. The zero-order valence-electron chi connectivity index (χ0n) is 10.2. The summed E-state index contributed by atoms with van der Waals surface area (Å²) in [5.41, 5.74) is 1.16. The van der Waals surface area contributed by atoms with Crippen LogP contribution in [-0.2, 0) is 22.5 Å². The summed E-state index contributed by atoms with van der Waals surface area (Å²) in [5, 5.41) is 2.96. The number of hydrogen-bond donors (Lipinski definition) is 1. The summed E-state index contributed by atoms with van der Waals surface area (Å²) < 4.78 is 7.06. The second-order valence-corrected chi connectivity index (χ2v) is 4.41. The fourth-order valence-corrected chi connectivity index (χ4v) is 2.17. The zero-order valence-corrected chi connectivity index (χ0v) is 10.2. The van der Waals surface area contributed by atoms with E-state index < -0.39 is 0 Å². The molecule has 1 amide bonds. The first-order valence-electron chi connectivity index (χ1n) is 6.07. The Balaban J connectivity index is 1.78. The number of methoxy groups -OCH3 is 1. The largest absolute Gasteiger partial charge is 0.385 e. The number of hydrogen-bond acceptors (Lipinski definition) is 3. The highest BCUT2D eigenvalue weighted by Crippen LogP contribution is 2.19. The van der Waals surface area contributed by atoms with E-state index in [2.05, 4.69) is 14.9 Å². The highest BCUT2D eigenvalue weighted by atomic mass is 16.5. The van der Waals surface area contributed by atoms with Crippen molar-refractivity contribution in [2.24, 2.45) is 5.92 Å². The maximum Gasteiger partial charge on any atom is 0.223 e. The monoisotopic (exact) mass is 237 g/mol. The molecule has 1 aliphatic rings. The third kappa shape index (κ3) is 3.06. The third-order valence-electron chi connectivity index (χ3n) is 3.17. The van der Waals surface area contributed by atoms with Gasteiger partial charge in [-0.05, 0) is 12.8 Å². The van der Waals surface area contributed by atoms with Crippen molar-refractivity contribution in [1.82, 2.24) is 14.9 Å². The molecule has 1 N–H and O–H groups in total. The summed E-state index contributed by atoms with van der Waals surface area (Å²) in [7, 11) is 1.67. The second kappa shape index (κ2) is 5.82. The van der Waals surface area contributed by atoms with Gasteiger partial charge >= 0.3 is 0 Å². The number of aromatic nitrogens is 2. The third-order valence-corrected chi connectivity index (χ3v) is 3.17. The normalized spacial score (nSPS) is 18.8. The van der Waals surface area contributed by atoms with Crippen molar-refractivity contribution in [1.29, 1.82) is 0 Å². The Labute approximate surface area is 101 Å². The maximum absolute atomic E-state index is 11.9. The van der Waals surface area contributed by atoms with Gasteiger partial charge in [0.2, 0.25) is 5.91 Å². The minimum absolute atomic E-state index is 0.0988. The number of rotatable bonds is 5. The number of carbonyl (C=O) groups is 1. The Morgan fingerprint density at radius 2 is 2.59 bits per heavy atom. The molecule has 0 saturated carbocycles. The van der Waals surface area contributed by atoms with Crippen LogP contribution in [0.4, 0.5) is 0 Å². The van der Waals surface area contributed by atoms with Gasteiger partial charge in [-0.15, -0.1) is 0 Å². The minimum Gasteiger partial charge on any atom is -0.385 e. The predicted octanol–water partition coefficient (Wildman–Crippen LogP) is 0.598. The highest BCUT2D eigenvalue weighted by molar-refractivity contribution is 5.78. The molecule has 0 aliphatic carbocycles. The molecule has 0 saturated heterocycles. The van der Waals surface area contributed by atoms with E-state index >= 15 is 0 Å². The Hall–Kier alpha value is -1.36. The summed E-state index contributed by atoms with van der Waals surface area (Å²) in [4.78, 5) is 16.0. The van der Waals surface area contributed by atoms with Crippen molar-refractivity contribution in [2.45, 2.75) is 25.8 Å². The van der Waals surface area contributed by atoms with Gasteiger partial charge in [-0.25, -0.2) is 4.98 Å². The van der Waals surface area contributed by atoms with Crippen LogP contribution in [0.5, 0.6) is 0 Å². The van der Waals surface area contributed by atoms with Gasteiger partial charge in [-0.3, -0.25) is 4.79 Å². The Bertz CT molecular complexity index is 376. The number of ether oxygens (including phenoxy) is 1. The molecule has 1 unspecified atom stereocenters. The Morgan fingerprint density at radius 1 is 1.71 bits per heavy atom. The maximum atomic E-state index is 11.9. The lowest BCUT2D eigenvalue weighted by molar-refractivity contribution is -0.125. The van der Waals surface area contributed by atoms with Crippen LogP contribution in [-0.4, -0.2) is 35.7 Å². The number of fused-ring (bicyclic) bond motifs is 1. The van der Waals surface area contributed by atoms with E-state index in [1.807, 2.05) is 12.5 Å². The average Bonchev–Trinajstić information content (AvgIpc) is 2.81. The van der Waals surface area contributed by atoms with Crippen molar-refractivity contribution < 1.29 is 9.53 Å². The number of imidazole rings is 1. The van der Waals surface area contributed by atoms with Crippen LogP contribution in [0.15, 0.2) is 12.5 Å². The summed E-state index contributed by atoms with van der Waals surface area (Å²) in [6.45, 7) is 2.28. The van der Waals surface area contributed by atoms with E-state index in [-0.39, 0.29) is 11.8 Å². The van der Waals surface area contributed by atoms with E-state index in [9.17, 15) is 4.79 Å². The topological polar surface area (TPSA) is 56.1 Å². The Morgan fingerprint density at radius 3 is 3.41 bits per heavy atom. The summed E-state index contributed by atoms with van der Waals surface area (Å²) in [6.07, 6.45) is 6.26. The first-order valence-corrected chi connectivity index (χ1v) is 6.07. The first-order chi connectivity index (χ1) is 8.31. The molecule has 0 radical (unpaired) electrons. The molecule has 0 aromatic carbocycles. The molecule has 5 heteroatoms. The average molecular weight is 237 g/mol. The van der Waals surface area contributed by atoms with Gasteiger partial charge in [0.15, 0.2) is 0 Å². The quantitative estimate of drug-likeness (QED) is 0.763. The van der Waals surface area contributed by atoms with Gasteiger partial charge in [0.05, 0.1) is 6.33 Å². The number of carbonyl (C=O) groups excluding carboxylic acids is 1. The molecule has 1 atom stereocenters. The molecule has 0 spiro atoms. The molecular weight excluding hydrogens is 218 g/mol. The number of nitrogens with one attached hydrogen (secondary N) is 1. The van der Waals surface area contributed by atoms with Crippen LogP contribution < -0.4 is 5.32 Å². The minimum atomic E-state index is 0.0988. The molecule has 2 rings (SSSR count). The van der Waals surface area contributed by atoms with Gasteiger partial charge in [-0.2, -0.15) is 0 Å². The Kier molecular flexibility index (Phi) is 4.14. The molecule has 17 heavy (non-hydrogen) atoms. The fourth-order valence-electron chi connectivity index (χ4n) is 2.17. The zero-order chi connectivity index (χ0) is 12.1. The van der Waals surface area contributed by atoms with Crippen molar-refractivity contribution in [3.63, 3.8) is 0 Å². The number of amides is 1. The van der Waals surface area contributed by atoms with Crippen LogP contribution in [0.2, 0.25) is 0 Å². The summed E-state index contributed by atoms with van der Waals surface area (Å²) >= 11 is 0. The van der Waals surface area contributed by atoms with Gasteiger partial charge in [0, 0.05) is 51.0 Å². The molecule has 2 heterocycles. The molecule has 1 aliphatic heterocycles. The molecule has 94 valence electrons. The first kappa shape index (κ1) is 12.1. The standard InChI is InChI=1S/C12H19N3O2/c1-17-6-2-4-14-12(16)10-3-5-15-9-13-8-11(15)7-10/h8-10H,2-7H2,1H3,(H,14,16). The van der Waals surface area contributed by atoms with Crippen molar-refractivity contribution in [3.8, 4) is 0 Å². The van der Waals surface area contributed by atoms with Gasteiger partial charge in [0.1, 0.15) is 0 Å². The molecule has 5 nitrogen and oxygen atoms in total. The van der Waals surface area contributed by atoms with Crippen LogP contribution >= 0.6 is 0 Å². The van der Waals surface area contributed by atoms with Gasteiger partial charge in [-0.1, -0.05) is 0 Å². The smallest absolute Gasteiger partial charge is 0.223 e. The van der Waals surface area contributed by atoms with E-state index in [0.717, 1.165) is 31.5 Å². The lowest BCUT2D eigenvalue weighted by Gasteiger charge is -2.22. The second-order valence-electron chi connectivity index (χ2n) is 4.41. The molecule has 0 fully saturated rings. The highest BCUT2D eigenvalue weighted by Gasteiger charge is 2.24. The molecular formula is C12H19N3O2. The van der Waals surface area contributed by atoms with Gasteiger partial charge in [0.25, 0.3) is 0 Å². The van der Waals surface area contributed by atoms with Crippen LogP contribution in [0.3, 0.4) is 0 Å². The lowest BCUT2D eigenvalue weighted by atomic mass is 9.95. The molecule has 1 aromatic rings. The number of nitrogens with zero attached hydrogens (tertiary/aromatic N) is 2. The number of aryl methyl sites for hydroxylation is 1. The summed E-state index contributed by atoms with van der Waals surface area (Å²) in [6, 6.07) is 0. The molecule has 0 bridgehead atoms. The van der Waals surface area contributed by atoms with E-state index in [1.165, 1.54) is 0 Å².